The number of aromatic nitrogens is 2. The minimum Gasteiger partial charge on any atom is -0.493 e. The van der Waals surface area contributed by atoms with Crippen molar-refractivity contribution in [2.75, 3.05) is 58.2 Å². The van der Waals surface area contributed by atoms with Crippen LogP contribution in [0.15, 0.2) is 18.2 Å². The monoisotopic (exact) mass is 445 g/mol. The number of benzene rings is 1. The molecule has 9 nitrogen and oxygen atoms in total. The van der Waals surface area contributed by atoms with Gasteiger partial charge in [-0.15, -0.1) is 0 Å². The minimum absolute atomic E-state index is 0.0144. The standard InChI is InChI=1S/C22H28FN5O4/c1-30-12-14-11-27(17(29)7-6-13-4-5-13)8-9-28(14)22-25-19-15(21(24)26-22)10-16(31-2)20(32-3)18(19)23/h6-7,10,13-14H,4-5,8-9,11-12H2,1-3H3,(H2,24,25,26)/t14-/m1/s1. The second-order valence-corrected chi connectivity index (χ2v) is 8.01. The average Bonchev–Trinajstić information content (AvgIpc) is 3.62. The molecular formula is C22H28FN5O4. The lowest BCUT2D eigenvalue weighted by molar-refractivity contribution is -0.127. The topological polar surface area (TPSA) is 103 Å². The molecule has 172 valence electrons. The number of piperazine rings is 1. The molecule has 0 bridgehead atoms. The molecule has 10 heteroatoms. The SMILES string of the molecule is COC[C@H]1CN(C(=O)C=CC2CC2)CCN1c1nc(N)c2cc(OC)c(OC)c(F)c2n1. The molecule has 0 radical (unpaired) electrons. The van der Waals surface area contributed by atoms with Crippen molar-refractivity contribution < 1.29 is 23.4 Å². The highest BCUT2D eigenvalue weighted by Gasteiger charge is 2.32. The molecule has 1 aromatic carbocycles. The number of hydrogen-bond donors (Lipinski definition) is 1. The van der Waals surface area contributed by atoms with Crippen LogP contribution in [0, 0.1) is 11.7 Å². The van der Waals surface area contributed by atoms with E-state index in [0.29, 0.717) is 37.5 Å². The first-order valence-electron chi connectivity index (χ1n) is 10.6. The molecule has 4 rings (SSSR count). The Kier molecular flexibility index (Phi) is 6.31. The molecule has 2 heterocycles. The fraction of sp³-hybridized carbons (Fsp3) is 0.500. The predicted octanol–water partition coefficient (Wildman–Crippen LogP) is 2.00. The van der Waals surface area contributed by atoms with E-state index >= 15 is 4.39 Å². The maximum absolute atomic E-state index is 15.2. The van der Waals surface area contributed by atoms with Crippen LogP contribution >= 0.6 is 0 Å². The molecule has 0 spiro atoms. The molecule has 1 amide bonds. The van der Waals surface area contributed by atoms with E-state index in [1.165, 1.54) is 14.2 Å². The Labute approximate surface area is 185 Å². The molecule has 1 aliphatic heterocycles. The normalized spacial score (nSPS) is 19.1. The van der Waals surface area contributed by atoms with Crippen molar-refractivity contribution in [3.63, 3.8) is 0 Å². The van der Waals surface area contributed by atoms with Crippen LogP contribution in [0.3, 0.4) is 0 Å². The molecule has 2 aliphatic rings. The maximum Gasteiger partial charge on any atom is 0.246 e. The number of ether oxygens (including phenoxy) is 3. The highest BCUT2D eigenvalue weighted by Crippen LogP contribution is 2.38. The van der Waals surface area contributed by atoms with Gasteiger partial charge in [0.25, 0.3) is 0 Å². The quantitative estimate of drug-likeness (QED) is 0.646. The molecule has 1 atom stereocenters. The molecule has 2 fully saturated rings. The van der Waals surface area contributed by atoms with Gasteiger partial charge in [-0.2, -0.15) is 4.98 Å². The van der Waals surface area contributed by atoms with Gasteiger partial charge < -0.3 is 29.7 Å². The lowest BCUT2D eigenvalue weighted by Crippen LogP contribution is -2.56. The van der Waals surface area contributed by atoms with Gasteiger partial charge in [0.15, 0.2) is 17.3 Å². The Morgan fingerprint density at radius 1 is 1.25 bits per heavy atom. The zero-order valence-electron chi connectivity index (χ0n) is 18.5. The Morgan fingerprint density at radius 3 is 2.69 bits per heavy atom. The van der Waals surface area contributed by atoms with E-state index in [-0.39, 0.29) is 40.7 Å². The van der Waals surface area contributed by atoms with Crippen molar-refractivity contribution in [3.05, 3.63) is 24.0 Å². The van der Waals surface area contributed by atoms with Crippen molar-refractivity contribution in [3.8, 4) is 11.5 Å². The van der Waals surface area contributed by atoms with Gasteiger partial charge in [0.1, 0.15) is 11.3 Å². The summed E-state index contributed by atoms with van der Waals surface area (Å²) >= 11 is 0. The third-order valence-electron chi connectivity index (χ3n) is 5.84. The maximum atomic E-state index is 15.2. The lowest BCUT2D eigenvalue weighted by Gasteiger charge is -2.41. The first-order chi connectivity index (χ1) is 15.5. The Balaban J connectivity index is 1.64. The highest BCUT2D eigenvalue weighted by molar-refractivity contribution is 5.92. The summed E-state index contributed by atoms with van der Waals surface area (Å²) < 4.78 is 30.9. The number of methoxy groups -OCH3 is 3. The molecular weight excluding hydrogens is 417 g/mol. The first kappa shape index (κ1) is 22.1. The van der Waals surface area contributed by atoms with Gasteiger partial charge in [-0.25, -0.2) is 9.37 Å². The van der Waals surface area contributed by atoms with Crippen molar-refractivity contribution in [1.82, 2.24) is 14.9 Å². The molecule has 1 saturated heterocycles. The zero-order chi connectivity index (χ0) is 22.8. The van der Waals surface area contributed by atoms with Crippen LogP contribution in [0.5, 0.6) is 11.5 Å². The number of hydrogen-bond acceptors (Lipinski definition) is 8. The number of anilines is 2. The summed E-state index contributed by atoms with van der Waals surface area (Å²) in [6.07, 6.45) is 5.95. The molecule has 1 aliphatic carbocycles. The van der Waals surface area contributed by atoms with Gasteiger partial charge in [0.05, 0.1) is 26.9 Å². The zero-order valence-corrected chi connectivity index (χ0v) is 18.5. The van der Waals surface area contributed by atoms with Gasteiger partial charge >= 0.3 is 0 Å². The van der Waals surface area contributed by atoms with Crippen molar-refractivity contribution in [2.45, 2.75) is 18.9 Å². The van der Waals surface area contributed by atoms with Crippen molar-refractivity contribution in [1.29, 1.82) is 0 Å². The highest BCUT2D eigenvalue weighted by atomic mass is 19.1. The van der Waals surface area contributed by atoms with Crippen LogP contribution < -0.4 is 20.1 Å². The second kappa shape index (κ2) is 9.15. The first-order valence-corrected chi connectivity index (χ1v) is 10.6. The number of amides is 1. The number of nitrogen functional groups attached to an aromatic ring is 1. The van der Waals surface area contributed by atoms with E-state index in [4.69, 9.17) is 19.9 Å². The number of rotatable bonds is 7. The Morgan fingerprint density at radius 2 is 2.03 bits per heavy atom. The van der Waals surface area contributed by atoms with Gasteiger partial charge in [-0.1, -0.05) is 6.08 Å². The van der Waals surface area contributed by atoms with Crippen molar-refractivity contribution in [2.24, 2.45) is 5.92 Å². The average molecular weight is 445 g/mol. The molecule has 1 aromatic heterocycles. The number of halogens is 1. The van der Waals surface area contributed by atoms with Gasteiger partial charge in [-0.3, -0.25) is 4.79 Å². The van der Waals surface area contributed by atoms with Crippen molar-refractivity contribution >= 4 is 28.6 Å². The number of fused-ring (bicyclic) bond motifs is 1. The number of carbonyl (C=O) groups excluding carboxylic acids is 1. The van der Waals surface area contributed by atoms with Gasteiger partial charge in [-0.05, 0) is 30.9 Å². The molecule has 0 unspecified atom stereocenters. The summed E-state index contributed by atoms with van der Waals surface area (Å²) in [5.74, 6) is 0.434. The van der Waals surface area contributed by atoms with Crippen LogP contribution in [0.4, 0.5) is 16.2 Å². The minimum atomic E-state index is -0.667. The molecule has 1 saturated carbocycles. The summed E-state index contributed by atoms with van der Waals surface area (Å²) in [6, 6.07) is 1.36. The second-order valence-electron chi connectivity index (χ2n) is 8.01. The number of nitrogens with zero attached hydrogens (tertiary/aromatic N) is 4. The van der Waals surface area contributed by atoms with Crippen LogP contribution in [0.2, 0.25) is 0 Å². The summed E-state index contributed by atoms with van der Waals surface area (Å²) in [5, 5.41) is 0.339. The lowest BCUT2D eigenvalue weighted by atomic mass is 10.1. The summed E-state index contributed by atoms with van der Waals surface area (Å²) in [6.45, 7) is 1.75. The Hall–Kier alpha value is -3.14. The van der Waals surface area contributed by atoms with Gasteiger partial charge in [0, 0.05) is 32.1 Å². The van der Waals surface area contributed by atoms with Gasteiger partial charge in [0.2, 0.25) is 11.9 Å². The van der Waals surface area contributed by atoms with E-state index in [2.05, 4.69) is 9.97 Å². The fourth-order valence-corrected chi connectivity index (χ4v) is 3.93. The van der Waals surface area contributed by atoms with E-state index < -0.39 is 5.82 Å². The summed E-state index contributed by atoms with van der Waals surface area (Å²) in [4.78, 5) is 25.2. The Bertz CT molecular complexity index is 1040. The summed E-state index contributed by atoms with van der Waals surface area (Å²) in [7, 11) is 4.38. The van der Waals surface area contributed by atoms with E-state index in [1.54, 1.807) is 24.2 Å². The largest absolute Gasteiger partial charge is 0.493 e. The molecule has 32 heavy (non-hydrogen) atoms. The van der Waals surface area contributed by atoms with Crippen LogP contribution in [-0.4, -0.2) is 74.4 Å². The summed E-state index contributed by atoms with van der Waals surface area (Å²) in [5.41, 5.74) is 6.22. The van der Waals surface area contributed by atoms with Crippen LogP contribution in [0.1, 0.15) is 12.8 Å². The van der Waals surface area contributed by atoms with E-state index in [1.807, 2.05) is 11.0 Å². The number of nitrogens with two attached hydrogens (primary N) is 1. The fourth-order valence-electron chi connectivity index (χ4n) is 3.93. The van der Waals surface area contributed by atoms with Crippen LogP contribution in [0.25, 0.3) is 10.9 Å². The third kappa shape index (κ3) is 4.27. The number of carbonyl (C=O) groups is 1. The van der Waals surface area contributed by atoms with Crippen LogP contribution in [-0.2, 0) is 9.53 Å². The molecule has 2 N–H and O–H groups in total. The predicted molar refractivity (Wildman–Crippen MR) is 118 cm³/mol. The molecule has 2 aromatic rings. The van der Waals surface area contributed by atoms with E-state index in [0.717, 1.165) is 12.8 Å². The smallest absolute Gasteiger partial charge is 0.246 e. The number of allylic oxidation sites excluding steroid dienone is 1. The van der Waals surface area contributed by atoms with E-state index in [9.17, 15) is 4.79 Å². The third-order valence-corrected chi connectivity index (χ3v) is 5.84.